The summed E-state index contributed by atoms with van der Waals surface area (Å²) in [6.07, 6.45) is 0. The minimum atomic E-state index is -3.70. The van der Waals surface area contributed by atoms with Crippen molar-refractivity contribution in [3.8, 4) is 0 Å². The Labute approximate surface area is 261 Å². The molecular formula is C31H28Cl2N4O3S2. The lowest BCUT2D eigenvalue weighted by molar-refractivity contribution is 0.0977. The van der Waals surface area contributed by atoms with Gasteiger partial charge in [0.15, 0.2) is 5.11 Å². The van der Waals surface area contributed by atoms with Crippen LogP contribution in [0.1, 0.15) is 27.5 Å². The molecule has 1 fully saturated rings. The van der Waals surface area contributed by atoms with Gasteiger partial charge in [-0.15, -0.1) is 0 Å². The maximum absolute atomic E-state index is 13.5. The quantitative estimate of drug-likeness (QED) is 0.234. The van der Waals surface area contributed by atoms with Crippen molar-refractivity contribution in [3.63, 3.8) is 0 Å². The number of hydrogen-bond donors (Lipinski definition) is 2. The Morgan fingerprint density at radius 3 is 1.81 bits per heavy atom. The summed E-state index contributed by atoms with van der Waals surface area (Å²) in [6.45, 7) is 1.95. The molecule has 216 valence electrons. The molecular weight excluding hydrogens is 611 g/mol. The number of halogens is 2. The minimum Gasteiger partial charge on any atom is -0.332 e. The number of piperazine rings is 1. The number of benzene rings is 4. The van der Waals surface area contributed by atoms with Crippen LogP contribution in [0.25, 0.3) is 0 Å². The van der Waals surface area contributed by atoms with E-state index in [1.54, 1.807) is 12.1 Å². The summed E-state index contributed by atoms with van der Waals surface area (Å²) >= 11 is 17.2. The fourth-order valence-corrected chi connectivity index (χ4v) is 7.13. The molecule has 4 aromatic rings. The van der Waals surface area contributed by atoms with E-state index in [9.17, 15) is 13.2 Å². The lowest BCUT2D eigenvalue weighted by Crippen LogP contribution is -2.49. The van der Waals surface area contributed by atoms with Crippen molar-refractivity contribution >= 4 is 62.2 Å². The second kappa shape index (κ2) is 13.3. The highest BCUT2D eigenvalue weighted by molar-refractivity contribution is 7.89. The largest absolute Gasteiger partial charge is 0.332 e. The highest BCUT2D eigenvalue weighted by atomic mass is 35.5. The topological polar surface area (TPSA) is 81.8 Å². The molecule has 0 unspecified atom stereocenters. The molecule has 4 aromatic carbocycles. The van der Waals surface area contributed by atoms with E-state index in [0.717, 1.165) is 0 Å². The molecule has 11 heteroatoms. The summed E-state index contributed by atoms with van der Waals surface area (Å²) in [5, 5.41) is 6.17. The fourth-order valence-electron chi connectivity index (χ4n) is 4.97. The standard InChI is InChI=1S/C31H28Cl2N4O3S2/c32-25-19-24(20-26(33)21-25)30(38)35-31(41)34-27-11-13-28(14-12-27)42(39,40)37-17-15-36(16-18-37)29(22-7-3-1-4-8-22)23-9-5-2-6-10-23/h1-14,19-21,29H,15-18H2,(H2,34,35,38,41). The zero-order chi connectivity index (χ0) is 29.7. The summed E-state index contributed by atoms with van der Waals surface area (Å²) in [7, 11) is -3.70. The zero-order valence-corrected chi connectivity index (χ0v) is 25.6. The predicted octanol–water partition coefficient (Wildman–Crippen LogP) is 6.22. The third-order valence-electron chi connectivity index (χ3n) is 6.97. The lowest BCUT2D eigenvalue weighted by atomic mass is 9.96. The number of rotatable bonds is 7. The molecule has 1 amide bonds. The monoisotopic (exact) mass is 638 g/mol. The van der Waals surface area contributed by atoms with Gasteiger partial charge in [0.25, 0.3) is 5.91 Å². The van der Waals surface area contributed by atoms with E-state index in [1.165, 1.54) is 45.8 Å². The van der Waals surface area contributed by atoms with Crippen LogP contribution >= 0.6 is 35.4 Å². The number of anilines is 1. The Morgan fingerprint density at radius 1 is 0.762 bits per heavy atom. The number of nitrogens with one attached hydrogen (secondary N) is 2. The average molecular weight is 640 g/mol. The normalized spacial score (nSPS) is 14.5. The van der Waals surface area contributed by atoms with Crippen molar-refractivity contribution in [2.45, 2.75) is 10.9 Å². The van der Waals surface area contributed by atoms with Crippen LogP contribution < -0.4 is 10.6 Å². The van der Waals surface area contributed by atoms with Gasteiger partial charge in [-0.1, -0.05) is 83.9 Å². The molecule has 1 aliphatic rings. The van der Waals surface area contributed by atoms with Gasteiger partial charge in [0.2, 0.25) is 10.0 Å². The Morgan fingerprint density at radius 2 is 1.29 bits per heavy atom. The summed E-state index contributed by atoms with van der Waals surface area (Å²) in [4.78, 5) is 15.0. The lowest BCUT2D eigenvalue weighted by Gasteiger charge is -2.39. The van der Waals surface area contributed by atoms with Gasteiger partial charge in [-0.3, -0.25) is 15.0 Å². The molecule has 0 aliphatic carbocycles. The predicted molar refractivity (Wildman–Crippen MR) is 172 cm³/mol. The van der Waals surface area contributed by atoms with Crippen LogP contribution in [-0.4, -0.2) is 54.8 Å². The van der Waals surface area contributed by atoms with Gasteiger partial charge in [0.05, 0.1) is 10.9 Å². The second-order valence-electron chi connectivity index (χ2n) is 9.75. The third kappa shape index (κ3) is 7.18. The molecule has 1 heterocycles. The van der Waals surface area contributed by atoms with Crippen molar-refractivity contribution in [1.29, 1.82) is 0 Å². The molecule has 0 saturated carbocycles. The molecule has 1 saturated heterocycles. The van der Waals surface area contributed by atoms with E-state index >= 15 is 0 Å². The van der Waals surface area contributed by atoms with Crippen molar-refractivity contribution in [3.05, 3.63) is 130 Å². The molecule has 0 aromatic heterocycles. The number of carbonyl (C=O) groups excluding carboxylic acids is 1. The number of amides is 1. The number of carbonyl (C=O) groups is 1. The van der Waals surface area contributed by atoms with E-state index in [1.807, 2.05) is 36.4 Å². The van der Waals surface area contributed by atoms with Crippen LogP contribution in [0.5, 0.6) is 0 Å². The van der Waals surface area contributed by atoms with Gasteiger partial charge >= 0.3 is 0 Å². The Kier molecular flexibility index (Phi) is 9.57. The summed E-state index contributed by atoms with van der Waals surface area (Å²) < 4.78 is 28.5. The highest BCUT2D eigenvalue weighted by Crippen LogP contribution is 2.30. The highest BCUT2D eigenvalue weighted by Gasteiger charge is 2.32. The van der Waals surface area contributed by atoms with Gasteiger partial charge in [-0.05, 0) is 65.8 Å². The first-order valence-electron chi connectivity index (χ1n) is 13.2. The molecule has 0 atom stereocenters. The van der Waals surface area contributed by atoms with Crippen LogP contribution in [0.4, 0.5) is 5.69 Å². The molecule has 0 bridgehead atoms. The molecule has 7 nitrogen and oxygen atoms in total. The van der Waals surface area contributed by atoms with Gasteiger partial charge in [-0.2, -0.15) is 4.31 Å². The van der Waals surface area contributed by atoms with Crippen LogP contribution in [0.3, 0.4) is 0 Å². The molecule has 5 rings (SSSR count). The number of nitrogens with zero attached hydrogens (tertiary/aromatic N) is 2. The number of sulfonamides is 1. The minimum absolute atomic E-state index is 0.0443. The summed E-state index contributed by atoms with van der Waals surface area (Å²) in [5.41, 5.74) is 3.14. The zero-order valence-electron chi connectivity index (χ0n) is 22.4. The molecule has 0 spiro atoms. The van der Waals surface area contributed by atoms with Crippen molar-refractivity contribution < 1.29 is 13.2 Å². The first-order valence-corrected chi connectivity index (χ1v) is 15.8. The van der Waals surface area contributed by atoms with E-state index in [4.69, 9.17) is 35.4 Å². The van der Waals surface area contributed by atoms with Gasteiger partial charge in [0.1, 0.15) is 0 Å². The Balaban J connectivity index is 1.21. The smallest absolute Gasteiger partial charge is 0.257 e. The van der Waals surface area contributed by atoms with E-state index in [0.29, 0.717) is 41.9 Å². The van der Waals surface area contributed by atoms with Gasteiger partial charge in [-0.25, -0.2) is 8.42 Å². The molecule has 2 N–H and O–H groups in total. The second-order valence-corrected chi connectivity index (χ2v) is 13.0. The first-order chi connectivity index (χ1) is 20.2. The first kappa shape index (κ1) is 30.2. The van der Waals surface area contributed by atoms with Crippen molar-refractivity contribution in [1.82, 2.24) is 14.5 Å². The SMILES string of the molecule is O=C(NC(=S)Nc1ccc(S(=O)(=O)N2CCN(C(c3ccccc3)c3ccccc3)CC2)cc1)c1cc(Cl)cc(Cl)c1. The summed E-state index contributed by atoms with van der Waals surface area (Å²) in [5.74, 6) is -0.475. The number of hydrogen-bond acceptors (Lipinski definition) is 5. The Bertz CT molecular complexity index is 1600. The van der Waals surface area contributed by atoms with E-state index in [-0.39, 0.29) is 21.6 Å². The van der Waals surface area contributed by atoms with Gasteiger partial charge in [0, 0.05) is 47.5 Å². The van der Waals surface area contributed by atoms with E-state index in [2.05, 4.69) is 39.8 Å². The van der Waals surface area contributed by atoms with Crippen molar-refractivity contribution in [2.24, 2.45) is 0 Å². The van der Waals surface area contributed by atoms with E-state index < -0.39 is 15.9 Å². The number of thiocarbonyl (C=S) groups is 1. The van der Waals surface area contributed by atoms with Crippen molar-refractivity contribution in [2.75, 3.05) is 31.5 Å². The average Bonchev–Trinajstić information content (AvgIpc) is 2.98. The Hall–Kier alpha value is -3.31. The van der Waals surface area contributed by atoms with Crippen LogP contribution in [0.2, 0.25) is 10.0 Å². The van der Waals surface area contributed by atoms with Crippen LogP contribution in [-0.2, 0) is 10.0 Å². The van der Waals surface area contributed by atoms with Gasteiger partial charge < -0.3 is 5.32 Å². The summed E-state index contributed by atoms with van der Waals surface area (Å²) in [6, 6.07) is 31.4. The maximum atomic E-state index is 13.5. The molecule has 1 aliphatic heterocycles. The fraction of sp³-hybridized carbons (Fsp3) is 0.161. The van der Waals surface area contributed by atoms with Crippen LogP contribution in [0, 0.1) is 0 Å². The third-order valence-corrected chi connectivity index (χ3v) is 9.52. The maximum Gasteiger partial charge on any atom is 0.257 e. The molecule has 0 radical (unpaired) electrons. The molecule has 42 heavy (non-hydrogen) atoms. The van der Waals surface area contributed by atoms with Crippen LogP contribution in [0.15, 0.2) is 108 Å².